The van der Waals surface area contributed by atoms with Crippen molar-refractivity contribution in [2.75, 3.05) is 0 Å². The van der Waals surface area contributed by atoms with Crippen LogP contribution in [0.5, 0.6) is 0 Å². The van der Waals surface area contributed by atoms with Crippen molar-refractivity contribution in [3.63, 3.8) is 0 Å². The number of aromatic nitrogens is 2. The van der Waals surface area contributed by atoms with Crippen LogP contribution in [0, 0.1) is 12.8 Å². The van der Waals surface area contributed by atoms with Crippen LogP contribution in [0.3, 0.4) is 0 Å². The van der Waals surface area contributed by atoms with Gasteiger partial charge in [-0.3, -0.25) is 4.68 Å². The molecule has 106 valence electrons. The maximum Gasteiger partial charge on any atom is 0.0537 e. The highest BCUT2D eigenvalue weighted by Gasteiger charge is 2.33. The summed E-state index contributed by atoms with van der Waals surface area (Å²) in [5, 5.41) is 8.08. The fourth-order valence-electron chi connectivity index (χ4n) is 2.87. The highest BCUT2D eigenvalue weighted by molar-refractivity contribution is 5.30. The Hall–Kier alpha value is -1.61. The summed E-state index contributed by atoms with van der Waals surface area (Å²) in [4.78, 5) is 0. The molecular formula is C17H23N3. The molecule has 1 heterocycles. The molecule has 1 aliphatic carbocycles. The summed E-state index contributed by atoms with van der Waals surface area (Å²) in [6, 6.07) is 9.53. The second kappa shape index (κ2) is 5.41. The van der Waals surface area contributed by atoms with Gasteiger partial charge in [-0.05, 0) is 43.7 Å². The van der Waals surface area contributed by atoms with Crippen LogP contribution in [-0.4, -0.2) is 9.78 Å². The Morgan fingerprint density at radius 3 is 2.65 bits per heavy atom. The Balaban J connectivity index is 1.80. The summed E-state index contributed by atoms with van der Waals surface area (Å²) < 4.78 is 1.87. The SMILES string of the molecule is Cc1ccccc1[C@H](N[C@@H](C)c1cnn(C)c1)C1CC1. The molecule has 0 bridgehead atoms. The van der Waals surface area contributed by atoms with E-state index >= 15 is 0 Å². The Morgan fingerprint density at radius 2 is 2.05 bits per heavy atom. The van der Waals surface area contributed by atoms with Crippen LogP contribution in [0.4, 0.5) is 0 Å². The van der Waals surface area contributed by atoms with E-state index in [0.717, 1.165) is 5.92 Å². The molecule has 20 heavy (non-hydrogen) atoms. The maximum absolute atomic E-state index is 4.27. The average Bonchev–Trinajstić information content (AvgIpc) is 3.18. The number of aryl methyl sites for hydroxylation is 2. The van der Waals surface area contributed by atoms with E-state index in [1.807, 2.05) is 17.9 Å². The lowest BCUT2D eigenvalue weighted by molar-refractivity contribution is 0.426. The standard InChI is InChI=1S/C17H23N3/c1-12-6-4-5-7-16(12)17(14-8-9-14)19-13(2)15-10-18-20(3)11-15/h4-7,10-11,13-14,17,19H,8-9H2,1-3H3/t13-,17+/m0/s1. The van der Waals surface area contributed by atoms with Crippen molar-refractivity contribution in [2.24, 2.45) is 13.0 Å². The minimum atomic E-state index is 0.328. The molecule has 0 radical (unpaired) electrons. The summed E-state index contributed by atoms with van der Waals surface area (Å²) in [7, 11) is 1.97. The smallest absolute Gasteiger partial charge is 0.0537 e. The van der Waals surface area contributed by atoms with Gasteiger partial charge in [0.05, 0.1) is 6.20 Å². The summed E-state index contributed by atoms with van der Waals surface area (Å²) >= 11 is 0. The summed E-state index contributed by atoms with van der Waals surface area (Å²) in [6.45, 7) is 4.44. The van der Waals surface area contributed by atoms with Crippen LogP contribution >= 0.6 is 0 Å². The van der Waals surface area contributed by atoms with E-state index < -0.39 is 0 Å². The Kier molecular flexibility index (Phi) is 3.62. The molecule has 1 aliphatic rings. The van der Waals surface area contributed by atoms with Crippen molar-refractivity contribution >= 4 is 0 Å². The van der Waals surface area contributed by atoms with Crippen LogP contribution in [-0.2, 0) is 7.05 Å². The highest BCUT2D eigenvalue weighted by Crippen LogP contribution is 2.42. The molecule has 0 aliphatic heterocycles. The predicted molar refractivity (Wildman–Crippen MR) is 81.4 cm³/mol. The molecule has 1 aromatic heterocycles. The van der Waals surface area contributed by atoms with Gasteiger partial charge in [0.1, 0.15) is 0 Å². The molecule has 1 N–H and O–H groups in total. The molecule has 0 amide bonds. The van der Waals surface area contributed by atoms with Crippen LogP contribution in [0.2, 0.25) is 0 Å². The molecule has 2 atom stereocenters. The fourth-order valence-corrected chi connectivity index (χ4v) is 2.87. The monoisotopic (exact) mass is 269 g/mol. The van der Waals surface area contributed by atoms with Gasteiger partial charge >= 0.3 is 0 Å². The number of nitrogens with one attached hydrogen (secondary N) is 1. The van der Waals surface area contributed by atoms with Gasteiger partial charge in [0.2, 0.25) is 0 Å². The summed E-state index contributed by atoms with van der Waals surface area (Å²) in [6.07, 6.45) is 6.73. The highest BCUT2D eigenvalue weighted by atomic mass is 15.2. The zero-order valence-electron chi connectivity index (χ0n) is 12.5. The molecule has 1 fully saturated rings. The van der Waals surface area contributed by atoms with E-state index in [-0.39, 0.29) is 0 Å². The number of benzene rings is 1. The molecule has 0 unspecified atom stereocenters. The van der Waals surface area contributed by atoms with E-state index in [2.05, 4.69) is 54.7 Å². The third-order valence-corrected chi connectivity index (χ3v) is 4.27. The number of hydrogen-bond acceptors (Lipinski definition) is 2. The van der Waals surface area contributed by atoms with Gasteiger partial charge in [-0.25, -0.2) is 0 Å². The quantitative estimate of drug-likeness (QED) is 0.900. The first-order chi connectivity index (χ1) is 9.65. The Labute approximate surface area is 121 Å². The van der Waals surface area contributed by atoms with E-state index in [1.54, 1.807) is 0 Å². The van der Waals surface area contributed by atoms with Crippen molar-refractivity contribution in [1.82, 2.24) is 15.1 Å². The van der Waals surface area contributed by atoms with Crippen LogP contribution in [0.15, 0.2) is 36.7 Å². The first-order valence-corrected chi connectivity index (χ1v) is 7.45. The molecular weight excluding hydrogens is 246 g/mol. The van der Waals surface area contributed by atoms with E-state index in [9.17, 15) is 0 Å². The average molecular weight is 269 g/mol. The molecule has 2 aromatic rings. The van der Waals surface area contributed by atoms with Crippen LogP contribution < -0.4 is 5.32 Å². The lowest BCUT2D eigenvalue weighted by Crippen LogP contribution is -2.26. The Bertz CT molecular complexity index is 583. The van der Waals surface area contributed by atoms with Gasteiger partial charge in [0.15, 0.2) is 0 Å². The third-order valence-electron chi connectivity index (χ3n) is 4.27. The molecule has 3 nitrogen and oxygen atoms in total. The molecule has 0 saturated heterocycles. The van der Waals surface area contributed by atoms with E-state index in [0.29, 0.717) is 12.1 Å². The molecule has 1 aromatic carbocycles. The summed E-state index contributed by atoms with van der Waals surface area (Å²) in [5.74, 6) is 0.787. The third kappa shape index (κ3) is 2.78. The van der Waals surface area contributed by atoms with Crippen molar-refractivity contribution in [1.29, 1.82) is 0 Å². The first-order valence-electron chi connectivity index (χ1n) is 7.45. The normalized spacial score (nSPS) is 17.9. The second-order valence-corrected chi connectivity index (χ2v) is 6.01. The minimum Gasteiger partial charge on any atom is -0.303 e. The number of rotatable bonds is 5. The molecule has 3 rings (SSSR count). The topological polar surface area (TPSA) is 29.9 Å². The van der Waals surface area contributed by atoms with Gasteiger partial charge < -0.3 is 5.32 Å². The van der Waals surface area contributed by atoms with Crippen molar-refractivity contribution in [2.45, 2.75) is 38.8 Å². The largest absolute Gasteiger partial charge is 0.303 e. The lowest BCUT2D eigenvalue weighted by Gasteiger charge is -2.24. The molecule has 1 saturated carbocycles. The first kappa shape index (κ1) is 13.4. The van der Waals surface area contributed by atoms with Gasteiger partial charge in [-0.1, -0.05) is 24.3 Å². The van der Waals surface area contributed by atoms with Crippen molar-refractivity contribution < 1.29 is 0 Å². The Morgan fingerprint density at radius 1 is 1.30 bits per heavy atom. The minimum absolute atomic E-state index is 0.328. The predicted octanol–water partition coefficient (Wildman–Crippen LogP) is 3.53. The lowest BCUT2D eigenvalue weighted by atomic mass is 9.96. The van der Waals surface area contributed by atoms with Gasteiger partial charge in [-0.2, -0.15) is 5.10 Å². The van der Waals surface area contributed by atoms with Gasteiger partial charge in [0.25, 0.3) is 0 Å². The van der Waals surface area contributed by atoms with E-state index in [1.165, 1.54) is 29.5 Å². The van der Waals surface area contributed by atoms with Gasteiger partial charge in [-0.15, -0.1) is 0 Å². The van der Waals surface area contributed by atoms with Gasteiger partial charge in [0, 0.05) is 30.9 Å². The zero-order chi connectivity index (χ0) is 14.1. The zero-order valence-corrected chi connectivity index (χ0v) is 12.5. The second-order valence-electron chi connectivity index (χ2n) is 6.01. The maximum atomic E-state index is 4.27. The number of hydrogen-bond donors (Lipinski definition) is 1. The molecule has 3 heteroatoms. The van der Waals surface area contributed by atoms with Crippen LogP contribution in [0.1, 0.15) is 48.5 Å². The number of nitrogens with zero attached hydrogens (tertiary/aromatic N) is 2. The van der Waals surface area contributed by atoms with Crippen LogP contribution in [0.25, 0.3) is 0 Å². The van der Waals surface area contributed by atoms with E-state index in [4.69, 9.17) is 0 Å². The fraction of sp³-hybridized carbons (Fsp3) is 0.471. The summed E-state index contributed by atoms with van der Waals surface area (Å²) in [5.41, 5.74) is 4.09. The molecule has 0 spiro atoms. The van der Waals surface area contributed by atoms with Crippen molar-refractivity contribution in [3.05, 3.63) is 53.3 Å². The van der Waals surface area contributed by atoms with Crippen molar-refractivity contribution in [3.8, 4) is 0 Å².